The smallest absolute Gasteiger partial charge is 0.220 e. The highest BCUT2D eigenvalue weighted by Gasteiger charge is 2.20. The number of carbonyl (C=O) groups is 1. The molecule has 0 saturated carbocycles. The Bertz CT molecular complexity index is 807. The van der Waals surface area contributed by atoms with Crippen LogP contribution in [-0.4, -0.2) is 22.2 Å². The maximum absolute atomic E-state index is 12.2. The van der Waals surface area contributed by atoms with Gasteiger partial charge in [-0.3, -0.25) is 9.48 Å². The molecule has 1 N–H and O–H groups in total. The number of furan rings is 1. The molecule has 0 aliphatic heterocycles. The second-order valence-electron chi connectivity index (χ2n) is 6.19. The fourth-order valence-corrected chi connectivity index (χ4v) is 2.95. The van der Waals surface area contributed by atoms with Crippen LogP contribution >= 0.6 is 0 Å². The summed E-state index contributed by atoms with van der Waals surface area (Å²) in [5.74, 6) is 0.816. The topological polar surface area (TPSA) is 60.1 Å². The van der Waals surface area contributed by atoms with Crippen LogP contribution in [0.4, 0.5) is 0 Å². The van der Waals surface area contributed by atoms with Crippen LogP contribution in [0, 0.1) is 13.8 Å². The molecule has 3 aromatic rings. The van der Waals surface area contributed by atoms with Gasteiger partial charge in [-0.25, -0.2) is 0 Å². The van der Waals surface area contributed by atoms with Gasteiger partial charge in [0.05, 0.1) is 12.0 Å². The van der Waals surface area contributed by atoms with Gasteiger partial charge in [-0.1, -0.05) is 30.3 Å². The summed E-state index contributed by atoms with van der Waals surface area (Å²) in [5.41, 5.74) is 3.15. The zero-order chi connectivity index (χ0) is 17.6. The van der Waals surface area contributed by atoms with E-state index in [0.29, 0.717) is 13.0 Å². The van der Waals surface area contributed by atoms with Gasteiger partial charge >= 0.3 is 0 Å². The predicted octanol–water partition coefficient (Wildman–Crippen LogP) is 3.43. The number of hydrogen-bond acceptors (Lipinski definition) is 3. The molecule has 0 fully saturated rings. The molecule has 0 unspecified atom stereocenters. The van der Waals surface area contributed by atoms with E-state index in [1.807, 2.05) is 67.1 Å². The summed E-state index contributed by atoms with van der Waals surface area (Å²) in [7, 11) is 0. The standard InChI is InChI=1S/C20H23N3O2/c1-15-13-16(2)23(22-15)18(19-9-6-12-25-19)14-21-20(24)11-10-17-7-4-3-5-8-17/h3-9,12-13,18H,10-11,14H2,1-2H3,(H,21,24)/t18-/m0/s1. The highest BCUT2D eigenvalue weighted by molar-refractivity contribution is 5.76. The van der Waals surface area contributed by atoms with Gasteiger partial charge in [0.25, 0.3) is 0 Å². The van der Waals surface area contributed by atoms with Crippen LogP contribution in [0.3, 0.4) is 0 Å². The lowest BCUT2D eigenvalue weighted by molar-refractivity contribution is -0.121. The first kappa shape index (κ1) is 17.0. The van der Waals surface area contributed by atoms with Gasteiger partial charge in [0.15, 0.2) is 0 Å². The Morgan fingerprint density at radius 2 is 2.00 bits per heavy atom. The predicted molar refractivity (Wildman–Crippen MR) is 96.3 cm³/mol. The third-order valence-electron chi connectivity index (χ3n) is 4.19. The molecule has 0 radical (unpaired) electrons. The Hall–Kier alpha value is -2.82. The SMILES string of the molecule is Cc1cc(C)n([C@@H](CNC(=O)CCc2ccccc2)c2ccco2)n1. The van der Waals surface area contributed by atoms with Gasteiger partial charge in [-0.05, 0) is 44.0 Å². The summed E-state index contributed by atoms with van der Waals surface area (Å²) in [6, 6.07) is 15.7. The van der Waals surface area contributed by atoms with Gasteiger partial charge in [0.1, 0.15) is 11.8 Å². The molecule has 25 heavy (non-hydrogen) atoms. The molecular weight excluding hydrogens is 314 g/mol. The average Bonchev–Trinajstić information content (AvgIpc) is 3.25. The molecule has 1 amide bonds. The molecule has 0 spiro atoms. The van der Waals surface area contributed by atoms with Crippen molar-refractivity contribution < 1.29 is 9.21 Å². The zero-order valence-corrected chi connectivity index (χ0v) is 14.6. The normalized spacial score (nSPS) is 12.1. The van der Waals surface area contributed by atoms with E-state index in [9.17, 15) is 4.79 Å². The molecular formula is C20H23N3O2. The lowest BCUT2D eigenvalue weighted by Gasteiger charge is -2.18. The van der Waals surface area contributed by atoms with E-state index in [1.54, 1.807) is 6.26 Å². The fourth-order valence-electron chi connectivity index (χ4n) is 2.95. The number of hydrogen-bond donors (Lipinski definition) is 1. The monoisotopic (exact) mass is 337 g/mol. The number of aromatic nitrogens is 2. The van der Waals surface area contributed by atoms with Crippen LogP contribution in [0.2, 0.25) is 0 Å². The minimum absolute atomic E-state index is 0.0296. The minimum atomic E-state index is -0.149. The Morgan fingerprint density at radius 1 is 1.20 bits per heavy atom. The maximum atomic E-state index is 12.2. The number of nitrogens with one attached hydrogen (secondary N) is 1. The molecule has 2 heterocycles. The number of benzene rings is 1. The lowest BCUT2D eigenvalue weighted by atomic mass is 10.1. The third kappa shape index (κ3) is 4.38. The van der Waals surface area contributed by atoms with Crippen molar-refractivity contribution in [1.82, 2.24) is 15.1 Å². The Labute approximate surface area is 147 Å². The summed E-state index contributed by atoms with van der Waals surface area (Å²) in [5, 5.41) is 7.56. The van der Waals surface area contributed by atoms with Crippen LogP contribution in [0.5, 0.6) is 0 Å². The van der Waals surface area contributed by atoms with Crippen LogP contribution in [0.25, 0.3) is 0 Å². The maximum Gasteiger partial charge on any atom is 0.220 e. The van der Waals surface area contributed by atoms with Crippen LogP contribution in [0.1, 0.15) is 35.2 Å². The van der Waals surface area contributed by atoms with E-state index in [0.717, 1.165) is 23.6 Å². The van der Waals surface area contributed by atoms with Crippen molar-refractivity contribution in [2.75, 3.05) is 6.54 Å². The van der Waals surface area contributed by atoms with Crippen molar-refractivity contribution in [3.05, 3.63) is 77.5 Å². The molecule has 3 rings (SSSR count). The van der Waals surface area contributed by atoms with Crippen molar-refractivity contribution in [2.24, 2.45) is 0 Å². The minimum Gasteiger partial charge on any atom is -0.467 e. The first-order chi connectivity index (χ1) is 12.1. The molecule has 0 aliphatic rings. The van der Waals surface area contributed by atoms with Crippen molar-refractivity contribution in [3.8, 4) is 0 Å². The number of carbonyl (C=O) groups excluding carboxylic acids is 1. The summed E-state index contributed by atoms with van der Waals surface area (Å²) in [4.78, 5) is 12.2. The summed E-state index contributed by atoms with van der Waals surface area (Å²) < 4.78 is 7.47. The van der Waals surface area contributed by atoms with E-state index in [2.05, 4.69) is 10.4 Å². The fraction of sp³-hybridized carbons (Fsp3) is 0.300. The first-order valence-corrected chi connectivity index (χ1v) is 8.50. The molecule has 5 nitrogen and oxygen atoms in total. The second-order valence-corrected chi connectivity index (χ2v) is 6.19. The van der Waals surface area contributed by atoms with E-state index >= 15 is 0 Å². The number of nitrogens with zero attached hydrogens (tertiary/aromatic N) is 2. The molecule has 5 heteroatoms. The lowest BCUT2D eigenvalue weighted by Crippen LogP contribution is -2.32. The van der Waals surface area contributed by atoms with E-state index in [1.165, 1.54) is 5.56 Å². The highest BCUT2D eigenvalue weighted by Crippen LogP contribution is 2.20. The number of amides is 1. The number of aryl methyl sites for hydroxylation is 3. The largest absolute Gasteiger partial charge is 0.467 e. The Kier molecular flexibility index (Phi) is 5.33. The first-order valence-electron chi connectivity index (χ1n) is 8.50. The molecule has 0 aliphatic carbocycles. The Morgan fingerprint density at radius 3 is 2.64 bits per heavy atom. The van der Waals surface area contributed by atoms with Crippen LogP contribution in [-0.2, 0) is 11.2 Å². The van der Waals surface area contributed by atoms with Crippen molar-refractivity contribution in [3.63, 3.8) is 0 Å². The van der Waals surface area contributed by atoms with E-state index in [4.69, 9.17) is 4.42 Å². The third-order valence-corrected chi connectivity index (χ3v) is 4.19. The van der Waals surface area contributed by atoms with E-state index < -0.39 is 0 Å². The van der Waals surface area contributed by atoms with Crippen molar-refractivity contribution in [1.29, 1.82) is 0 Å². The van der Waals surface area contributed by atoms with Crippen molar-refractivity contribution in [2.45, 2.75) is 32.7 Å². The quantitative estimate of drug-likeness (QED) is 0.718. The van der Waals surface area contributed by atoms with Crippen molar-refractivity contribution >= 4 is 5.91 Å². The van der Waals surface area contributed by atoms with Gasteiger partial charge in [0.2, 0.25) is 5.91 Å². The molecule has 130 valence electrons. The van der Waals surface area contributed by atoms with Crippen LogP contribution in [0.15, 0.2) is 59.2 Å². The average molecular weight is 337 g/mol. The summed E-state index contributed by atoms with van der Waals surface area (Å²) in [6.07, 6.45) is 2.84. The van der Waals surface area contributed by atoms with Gasteiger partial charge < -0.3 is 9.73 Å². The molecule has 0 bridgehead atoms. The molecule has 2 aromatic heterocycles. The zero-order valence-electron chi connectivity index (χ0n) is 14.6. The summed E-state index contributed by atoms with van der Waals surface area (Å²) >= 11 is 0. The summed E-state index contributed by atoms with van der Waals surface area (Å²) in [6.45, 7) is 4.41. The Balaban J connectivity index is 1.63. The highest BCUT2D eigenvalue weighted by atomic mass is 16.3. The molecule has 1 atom stereocenters. The van der Waals surface area contributed by atoms with Gasteiger partial charge in [-0.15, -0.1) is 0 Å². The molecule has 0 saturated heterocycles. The number of rotatable bonds is 7. The second kappa shape index (κ2) is 7.83. The van der Waals surface area contributed by atoms with Gasteiger partial charge in [0, 0.05) is 18.7 Å². The van der Waals surface area contributed by atoms with Crippen LogP contribution < -0.4 is 5.32 Å². The molecule has 1 aromatic carbocycles. The van der Waals surface area contributed by atoms with E-state index in [-0.39, 0.29) is 11.9 Å². The van der Waals surface area contributed by atoms with Gasteiger partial charge in [-0.2, -0.15) is 5.10 Å².